The highest BCUT2D eigenvalue weighted by atomic mass is 35.5. The summed E-state index contributed by atoms with van der Waals surface area (Å²) in [5.74, 6) is 0.857. The molecule has 0 fully saturated rings. The van der Waals surface area contributed by atoms with Crippen molar-refractivity contribution in [1.82, 2.24) is 14.5 Å². The second kappa shape index (κ2) is 8.00. The third-order valence-corrected chi connectivity index (χ3v) is 6.46. The van der Waals surface area contributed by atoms with Crippen LogP contribution in [-0.4, -0.2) is 36.3 Å². The van der Waals surface area contributed by atoms with E-state index < -0.39 is 8.07 Å². The van der Waals surface area contributed by atoms with Crippen molar-refractivity contribution in [3.63, 3.8) is 0 Å². The first-order chi connectivity index (χ1) is 12.8. The average Bonchev–Trinajstić information content (AvgIpc) is 2.95. The van der Waals surface area contributed by atoms with E-state index in [4.69, 9.17) is 16.3 Å². The minimum Gasteiger partial charge on any atom is -0.373 e. The van der Waals surface area contributed by atoms with E-state index in [1.165, 1.54) is 0 Å². The van der Waals surface area contributed by atoms with Gasteiger partial charge in [0.15, 0.2) is 0 Å². The molecule has 0 aromatic carbocycles. The molecule has 0 spiro atoms. The van der Waals surface area contributed by atoms with Gasteiger partial charge in [-0.3, -0.25) is 0 Å². The molecule has 7 heteroatoms. The molecule has 0 unspecified atom stereocenters. The second-order valence-corrected chi connectivity index (χ2v) is 14.0. The van der Waals surface area contributed by atoms with Crippen LogP contribution in [0.3, 0.4) is 0 Å². The number of fused-ring (bicyclic) bond motifs is 1. The molecule has 27 heavy (non-hydrogen) atoms. The van der Waals surface area contributed by atoms with Crippen molar-refractivity contribution in [2.75, 3.05) is 19.0 Å². The lowest BCUT2D eigenvalue weighted by Gasteiger charge is -2.15. The number of ether oxygens (including phenoxy) is 1. The van der Waals surface area contributed by atoms with Gasteiger partial charge in [-0.15, -0.1) is 0 Å². The first-order valence-corrected chi connectivity index (χ1v) is 13.3. The van der Waals surface area contributed by atoms with Gasteiger partial charge >= 0.3 is 0 Å². The number of pyridine rings is 2. The van der Waals surface area contributed by atoms with Gasteiger partial charge in [0.25, 0.3) is 0 Å². The zero-order valence-corrected chi connectivity index (χ0v) is 18.4. The number of hydrogen-bond donors (Lipinski definition) is 1. The summed E-state index contributed by atoms with van der Waals surface area (Å²) in [4.78, 5) is 9.15. The molecule has 0 bridgehead atoms. The SMILES string of the molecule is CNc1ccc(-c2cn(COCC[Si](C)(C)C)c3nc(Cl)ccc23)c(C)n1. The highest BCUT2D eigenvalue weighted by Crippen LogP contribution is 2.32. The summed E-state index contributed by atoms with van der Waals surface area (Å²) in [6.07, 6.45) is 2.09. The van der Waals surface area contributed by atoms with Crippen LogP contribution < -0.4 is 5.32 Å². The van der Waals surface area contributed by atoms with Crippen molar-refractivity contribution in [1.29, 1.82) is 0 Å². The zero-order chi connectivity index (χ0) is 19.6. The van der Waals surface area contributed by atoms with Gasteiger partial charge in [0.2, 0.25) is 0 Å². The molecule has 0 saturated carbocycles. The Morgan fingerprint density at radius 2 is 1.89 bits per heavy atom. The van der Waals surface area contributed by atoms with Gasteiger partial charge < -0.3 is 14.6 Å². The number of nitrogens with one attached hydrogen (secondary N) is 1. The fourth-order valence-corrected chi connectivity index (χ4v) is 3.88. The molecule has 5 nitrogen and oxygen atoms in total. The maximum atomic E-state index is 6.16. The third kappa shape index (κ3) is 4.69. The van der Waals surface area contributed by atoms with Crippen molar-refractivity contribution >= 4 is 36.5 Å². The van der Waals surface area contributed by atoms with Crippen molar-refractivity contribution in [2.24, 2.45) is 0 Å². The Morgan fingerprint density at radius 3 is 2.56 bits per heavy atom. The Bertz CT molecular complexity index is 949. The standard InChI is InChI=1S/C20H27ClN4OSi/c1-14-15(7-9-19(22-2)23-14)17-12-25(13-26-10-11-27(3,4)5)20-16(17)6-8-18(21)24-20/h6-9,12H,10-11,13H2,1-5H3,(H,22,23). The molecule has 0 amide bonds. The van der Waals surface area contributed by atoms with E-state index in [2.05, 4.69) is 47.2 Å². The molecule has 0 aliphatic carbocycles. The van der Waals surface area contributed by atoms with Gasteiger partial charge in [-0.05, 0) is 37.2 Å². The van der Waals surface area contributed by atoms with Gasteiger partial charge in [0, 0.05) is 50.1 Å². The smallest absolute Gasteiger partial charge is 0.144 e. The maximum Gasteiger partial charge on any atom is 0.144 e. The predicted octanol–water partition coefficient (Wildman–Crippen LogP) is 5.41. The lowest BCUT2D eigenvalue weighted by Crippen LogP contribution is -2.22. The fraction of sp³-hybridized carbons (Fsp3) is 0.400. The van der Waals surface area contributed by atoms with Gasteiger partial charge in [-0.2, -0.15) is 0 Å². The predicted molar refractivity (Wildman–Crippen MR) is 116 cm³/mol. The largest absolute Gasteiger partial charge is 0.373 e. The van der Waals surface area contributed by atoms with Crippen molar-refractivity contribution < 1.29 is 4.74 Å². The second-order valence-electron chi connectivity index (χ2n) is 7.95. The first kappa shape index (κ1) is 19.9. The molecular weight excluding hydrogens is 376 g/mol. The Labute approximate surface area is 166 Å². The van der Waals surface area contributed by atoms with Crippen molar-refractivity contribution in [3.8, 4) is 11.1 Å². The summed E-state index contributed by atoms with van der Waals surface area (Å²) in [6.45, 7) is 10.3. The van der Waals surface area contributed by atoms with Crippen LogP contribution in [0.15, 0.2) is 30.5 Å². The van der Waals surface area contributed by atoms with Crippen LogP contribution in [0.25, 0.3) is 22.2 Å². The number of nitrogens with zero attached hydrogens (tertiary/aromatic N) is 3. The van der Waals surface area contributed by atoms with Crippen LogP contribution in [0.1, 0.15) is 5.69 Å². The maximum absolute atomic E-state index is 6.16. The number of aryl methyl sites for hydroxylation is 1. The van der Waals surface area contributed by atoms with E-state index in [-0.39, 0.29) is 0 Å². The van der Waals surface area contributed by atoms with Gasteiger partial charge in [-0.25, -0.2) is 9.97 Å². The van der Waals surface area contributed by atoms with Gasteiger partial charge in [0.1, 0.15) is 23.3 Å². The highest BCUT2D eigenvalue weighted by molar-refractivity contribution is 6.76. The van der Waals surface area contributed by atoms with Crippen LogP contribution in [0.2, 0.25) is 30.8 Å². The van der Waals surface area contributed by atoms with Crippen molar-refractivity contribution in [2.45, 2.75) is 39.3 Å². The topological polar surface area (TPSA) is 52.0 Å². The minimum absolute atomic E-state index is 0.468. The van der Waals surface area contributed by atoms with E-state index in [0.29, 0.717) is 11.9 Å². The van der Waals surface area contributed by atoms with Crippen LogP contribution in [-0.2, 0) is 11.5 Å². The first-order valence-electron chi connectivity index (χ1n) is 9.17. The molecule has 3 heterocycles. The van der Waals surface area contributed by atoms with Crippen LogP contribution >= 0.6 is 11.6 Å². The number of aromatic nitrogens is 3. The Kier molecular flexibility index (Phi) is 5.88. The summed E-state index contributed by atoms with van der Waals surface area (Å²) in [7, 11) is 0.765. The Morgan fingerprint density at radius 1 is 1.11 bits per heavy atom. The molecule has 0 aliphatic heterocycles. The Balaban J connectivity index is 1.95. The number of anilines is 1. The van der Waals surface area contributed by atoms with Crippen molar-refractivity contribution in [3.05, 3.63) is 41.3 Å². The molecule has 0 aliphatic rings. The molecule has 3 aromatic heterocycles. The summed E-state index contributed by atoms with van der Waals surface area (Å²) in [6, 6.07) is 9.06. The highest BCUT2D eigenvalue weighted by Gasteiger charge is 2.16. The normalized spacial score (nSPS) is 11.9. The van der Waals surface area contributed by atoms with E-state index >= 15 is 0 Å². The molecule has 3 aromatic rings. The summed E-state index contributed by atoms with van der Waals surface area (Å²) >= 11 is 6.16. The Hall–Kier alpha value is -1.89. The molecule has 1 N–H and O–H groups in total. The van der Waals surface area contributed by atoms with Gasteiger partial charge in [-0.1, -0.05) is 31.2 Å². The van der Waals surface area contributed by atoms with E-state index in [1.807, 2.05) is 36.7 Å². The molecule has 0 saturated heterocycles. The van der Waals surface area contributed by atoms with Crippen LogP contribution in [0.5, 0.6) is 0 Å². The summed E-state index contributed by atoms with van der Waals surface area (Å²) in [5, 5.41) is 4.61. The number of halogens is 1. The van der Waals surface area contributed by atoms with Crippen LogP contribution in [0.4, 0.5) is 5.82 Å². The van der Waals surface area contributed by atoms with Gasteiger partial charge in [0.05, 0.1) is 0 Å². The van der Waals surface area contributed by atoms with E-state index in [1.54, 1.807) is 0 Å². The monoisotopic (exact) mass is 402 g/mol. The molecule has 0 radical (unpaired) electrons. The van der Waals surface area contributed by atoms with E-state index in [0.717, 1.165) is 46.3 Å². The quantitative estimate of drug-likeness (QED) is 0.326. The molecule has 144 valence electrons. The minimum atomic E-state index is -1.11. The van der Waals surface area contributed by atoms with Crippen LogP contribution in [0, 0.1) is 6.92 Å². The lowest BCUT2D eigenvalue weighted by molar-refractivity contribution is 0.0899. The molecule has 3 rings (SSSR count). The summed E-state index contributed by atoms with van der Waals surface area (Å²) < 4.78 is 7.98. The zero-order valence-electron chi connectivity index (χ0n) is 16.6. The summed E-state index contributed by atoms with van der Waals surface area (Å²) in [5.41, 5.74) is 3.98. The number of hydrogen-bond acceptors (Lipinski definition) is 4. The fourth-order valence-electron chi connectivity index (χ4n) is 2.98. The molecule has 0 atom stereocenters. The lowest BCUT2D eigenvalue weighted by atomic mass is 10.0. The molecular formula is C20H27ClN4OSi. The number of rotatable bonds is 7. The third-order valence-electron chi connectivity index (χ3n) is 4.55. The average molecular weight is 403 g/mol. The van der Waals surface area contributed by atoms with E-state index in [9.17, 15) is 0 Å².